The van der Waals surface area contributed by atoms with Crippen molar-refractivity contribution in [3.05, 3.63) is 0 Å². The minimum Gasteiger partial charge on any atom is -0.314 e. The van der Waals surface area contributed by atoms with Crippen LogP contribution < -0.4 is 5.32 Å². The maximum atomic E-state index is 12.8. The highest BCUT2D eigenvalue weighted by Gasteiger charge is 2.46. The Hall–Kier alpha value is -0.130. The fourth-order valence-electron chi connectivity index (χ4n) is 3.52. The lowest BCUT2D eigenvalue weighted by Gasteiger charge is -2.49. The van der Waals surface area contributed by atoms with Gasteiger partial charge in [-0.1, -0.05) is 40.0 Å². The number of sulfonamides is 1. The predicted octanol–water partition coefficient (Wildman–Crippen LogP) is 1.97. The van der Waals surface area contributed by atoms with Crippen molar-refractivity contribution in [2.75, 3.05) is 25.4 Å². The largest absolute Gasteiger partial charge is 0.314 e. The van der Waals surface area contributed by atoms with Crippen LogP contribution in [0, 0.1) is 5.41 Å². The second-order valence-electron chi connectivity index (χ2n) is 7.35. The first kappa shape index (κ1) is 15.3. The monoisotopic (exact) mass is 288 g/mol. The van der Waals surface area contributed by atoms with Crippen LogP contribution in [0.4, 0.5) is 0 Å². The molecular weight excluding hydrogens is 260 g/mol. The Morgan fingerprint density at radius 2 is 1.79 bits per heavy atom. The first-order chi connectivity index (χ1) is 8.75. The first-order valence-corrected chi connectivity index (χ1v) is 9.07. The van der Waals surface area contributed by atoms with Gasteiger partial charge in [0, 0.05) is 25.2 Å². The third-order valence-corrected chi connectivity index (χ3v) is 6.68. The van der Waals surface area contributed by atoms with Gasteiger partial charge in [-0.15, -0.1) is 0 Å². The van der Waals surface area contributed by atoms with Crippen molar-refractivity contribution < 1.29 is 8.42 Å². The highest BCUT2D eigenvalue weighted by atomic mass is 32.2. The Morgan fingerprint density at radius 3 is 2.37 bits per heavy atom. The van der Waals surface area contributed by atoms with Crippen molar-refractivity contribution in [2.45, 2.75) is 58.4 Å². The zero-order chi connectivity index (χ0) is 14.1. The van der Waals surface area contributed by atoms with Crippen LogP contribution in [-0.2, 0) is 10.0 Å². The third kappa shape index (κ3) is 3.50. The van der Waals surface area contributed by atoms with E-state index in [1.165, 1.54) is 6.42 Å². The van der Waals surface area contributed by atoms with Gasteiger partial charge in [-0.3, -0.25) is 0 Å². The van der Waals surface area contributed by atoms with E-state index in [4.69, 9.17) is 0 Å². The topological polar surface area (TPSA) is 49.4 Å². The summed E-state index contributed by atoms with van der Waals surface area (Å²) in [6, 6.07) is 0. The highest BCUT2D eigenvalue weighted by molar-refractivity contribution is 7.89. The van der Waals surface area contributed by atoms with Gasteiger partial charge >= 0.3 is 0 Å². The maximum absolute atomic E-state index is 12.8. The molecule has 1 heterocycles. The van der Waals surface area contributed by atoms with Crippen molar-refractivity contribution in [3.63, 3.8) is 0 Å². The predicted molar refractivity (Wildman–Crippen MR) is 78.6 cm³/mol. The van der Waals surface area contributed by atoms with Crippen LogP contribution in [0.25, 0.3) is 0 Å². The van der Waals surface area contributed by atoms with Gasteiger partial charge in [-0.05, 0) is 18.3 Å². The summed E-state index contributed by atoms with van der Waals surface area (Å²) >= 11 is 0. The van der Waals surface area contributed by atoms with E-state index in [-0.39, 0.29) is 16.7 Å². The lowest BCUT2D eigenvalue weighted by Crippen LogP contribution is -2.64. The molecule has 5 heteroatoms. The van der Waals surface area contributed by atoms with E-state index in [2.05, 4.69) is 5.32 Å². The van der Waals surface area contributed by atoms with E-state index in [0.717, 1.165) is 38.8 Å². The standard InChI is InChI=1S/C14H28N2O2S/c1-13(2,3)12-19(17,18)16-10-9-15-11-14(16)7-5-4-6-8-14/h15H,4-12H2,1-3H3. The van der Waals surface area contributed by atoms with E-state index >= 15 is 0 Å². The average Bonchev–Trinajstić information content (AvgIpc) is 2.27. The molecule has 1 N–H and O–H groups in total. The molecule has 0 aromatic carbocycles. The smallest absolute Gasteiger partial charge is 0.215 e. The van der Waals surface area contributed by atoms with E-state index in [1.54, 1.807) is 0 Å². The maximum Gasteiger partial charge on any atom is 0.215 e. The molecule has 1 aliphatic carbocycles. The van der Waals surface area contributed by atoms with Crippen molar-refractivity contribution in [3.8, 4) is 0 Å². The van der Waals surface area contributed by atoms with Crippen molar-refractivity contribution in [2.24, 2.45) is 5.41 Å². The Kier molecular flexibility index (Phi) is 4.29. The molecule has 1 saturated carbocycles. The zero-order valence-corrected chi connectivity index (χ0v) is 13.4. The molecule has 0 bridgehead atoms. The fourth-order valence-corrected chi connectivity index (χ4v) is 5.98. The molecule has 0 amide bonds. The Bertz CT molecular complexity index is 397. The fraction of sp³-hybridized carbons (Fsp3) is 1.00. The molecule has 0 aromatic heterocycles. The molecule has 19 heavy (non-hydrogen) atoms. The SMILES string of the molecule is CC(C)(C)CS(=O)(=O)N1CCNCC12CCCCC2. The van der Waals surface area contributed by atoms with Crippen LogP contribution in [0.2, 0.25) is 0 Å². The lowest BCUT2D eigenvalue weighted by atomic mass is 9.80. The summed E-state index contributed by atoms with van der Waals surface area (Å²) in [6.45, 7) is 8.25. The molecule has 112 valence electrons. The van der Waals surface area contributed by atoms with Gasteiger partial charge in [0.05, 0.1) is 5.75 Å². The number of hydrogen-bond donors (Lipinski definition) is 1. The van der Waals surface area contributed by atoms with Crippen LogP contribution in [0.5, 0.6) is 0 Å². The number of nitrogens with zero attached hydrogens (tertiary/aromatic N) is 1. The second kappa shape index (κ2) is 5.34. The van der Waals surface area contributed by atoms with E-state index < -0.39 is 10.0 Å². The molecule has 0 atom stereocenters. The van der Waals surface area contributed by atoms with E-state index in [0.29, 0.717) is 6.54 Å². The van der Waals surface area contributed by atoms with Crippen LogP contribution in [0.15, 0.2) is 0 Å². The van der Waals surface area contributed by atoms with Crippen LogP contribution >= 0.6 is 0 Å². The summed E-state index contributed by atoms with van der Waals surface area (Å²) < 4.78 is 27.4. The first-order valence-electron chi connectivity index (χ1n) is 7.47. The minimum absolute atomic E-state index is 0.138. The molecule has 4 nitrogen and oxygen atoms in total. The van der Waals surface area contributed by atoms with Crippen molar-refractivity contribution in [1.82, 2.24) is 9.62 Å². The van der Waals surface area contributed by atoms with Gasteiger partial charge in [0.15, 0.2) is 0 Å². The molecule has 0 unspecified atom stereocenters. The van der Waals surface area contributed by atoms with Gasteiger partial charge < -0.3 is 5.32 Å². The summed E-state index contributed by atoms with van der Waals surface area (Å²) in [5.41, 5.74) is -0.319. The second-order valence-corrected chi connectivity index (χ2v) is 9.24. The van der Waals surface area contributed by atoms with Crippen LogP contribution in [-0.4, -0.2) is 43.6 Å². The van der Waals surface area contributed by atoms with Gasteiger partial charge in [-0.2, -0.15) is 4.31 Å². The van der Waals surface area contributed by atoms with E-state index in [1.807, 2.05) is 25.1 Å². The van der Waals surface area contributed by atoms with Gasteiger partial charge in [0.2, 0.25) is 10.0 Å². The van der Waals surface area contributed by atoms with E-state index in [9.17, 15) is 8.42 Å². The summed E-state index contributed by atoms with van der Waals surface area (Å²) in [5, 5.41) is 3.40. The average molecular weight is 288 g/mol. The lowest BCUT2D eigenvalue weighted by molar-refractivity contribution is 0.100. The summed E-state index contributed by atoms with van der Waals surface area (Å²) in [7, 11) is -3.16. The van der Waals surface area contributed by atoms with Crippen LogP contribution in [0.3, 0.4) is 0 Å². The van der Waals surface area contributed by atoms with Crippen molar-refractivity contribution >= 4 is 10.0 Å². The summed E-state index contributed by atoms with van der Waals surface area (Å²) in [6.07, 6.45) is 5.59. The molecule has 0 radical (unpaired) electrons. The number of nitrogens with one attached hydrogen (secondary N) is 1. The molecule has 2 fully saturated rings. The van der Waals surface area contributed by atoms with Crippen molar-refractivity contribution in [1.29, 1.82) is 0 Å². The third-order valence-electron chi connectivity index (χ3n) is 4.21. The Morgan fingerprint density at radius 1 is 1.16 bits per heavy atom. The summed E-state index contributed by atoms with van der Waals surface area (Å²) in [4.78, 5) is 0. The van der Waals surface area contributed by atoms with Gasteiger partial charge in [0.25, 0.3) is 0 Å². The molecule has 1 spiro atoms. The van der Waals surface area contributed by atoms with Gasteiger partial charge in [-0.25, -0.2) is 8.42 Å². The molecule has 1 saturated heterocycles. The van der Waals surface area contributed by atoms with Crippen LogP contribution in [0.1, 0.15) is 52.9 Å². The minimum atomic E-state index is -3.16. The highest BCUT2D eigenvalue weighted by Crippen LogP contribution is 2.37. The molecular formula is C14H28N2O2S. The quantitative estimate of drug-likeness (QED) is 0.845. The Balaban J connectivity index is 2.24. The van der Waals surface area contributed by atoms with Gasteiger partial charge in [0.1, 0.15) is 0 Å². The molecule has 2 rings (SSSR count). The normalized spacial score (nSPS) is 25.6. The molecule has 2 aliphatic rings. The number of rotatable bonds is 2. The number of piperazine rings is 1. The zero-order valence-electron chi connectivity index (χ0n) is 12.5. The Labute approximate surface area is 118 Å². The number of hydrogen-bond acceptors (Lipinski definition) is 3. The molecule has 1 aliphatic heterocycles. The summed E-state index contributed by atoms with van der Waals surface area (Å²) in [5.74, 6) is 0.252. The molecule has 0 aromatic rings.